The average molecular weight is 529 g/mol. The average Bonchev–Trinajstić information content (AvgIpc) is 2.75. The highest BCUT2D eigenvalue weighted by molar-refractivity contribution is 14.0. The van der Waals surface area contributed by atoms with Gasteiger partial charge in [0.15, 0.2) is 5.96 Å². The van der Waals surface area contributed by atoms with Crippen molar-refractivity contribution in [2.45, 2.75) is 20.0 Å². The number of nitrogens with zero attached hydrogens (tertiary/aromatic N) is 3. The Kier molecular flexibility index (Phi) is 9.77. The smallest absolute Gasteiger partial charge is 0.191 e. The fraction of sp³-hybridized carbons (Fsp3) is 0.409. The van der Waals surface area contributed by atoms with Crippen LogP contribution >= 0.6 is 24.0 Å². The molecular weight excluding hydrogens is 499 g/mol. The van der Waals surface area contributed by atoms with Gasteiger partial charge in [0, 0.05) is 46.3 Å². The minimum Gasteiger partial charge on any atom is -0.367 e. The van der Waals surface area contributed by atoms with Crippen LogP contribution in [0.2, 0.25) is 0 Å². The van der Waals surface area contributed by atoms with E-state index < -0.39 is 0 Å². The molecule has 0 spiro atoms. The van der Waals surface area contributed by atoms with Crippen LogP contribution in [-0.2, 0) is 13.1 Å². The van der Waals surface area contributed by atoms with Crippen LogP contribution in [0, 0.1) is 11.6 Å². The van der Waals surface area contributed by atoms with Crippen LogP contribution in [0.15, 0.2) is 47.5 Å². The zero-order chi connectivity index (χ0) is 20.6. The zero-order valence-electron chi connectivity index (χ0n) is 17.5. The van der Waals surface area contributed by atoms with Crippen LogP contribution < -0.4 is 15.5 Å². The lowest BCUT2D eigenvalue weighted by Crippen LogP contribution is -2.46. The highest BCUT2D eigenvalue weighted by atomic mass is 127. The Labute approximate surface area is 194 Å². The van der Waals surface area contributed by atoms with E-state index in [1.807, 2.05) is 12.1 Å². The molecule has 1 heterocycles. The standard InChI is InChI=1S/C22H29F2N5.HI/c1-3-28-10-12-29(13-11-28)21-9-6-18(14-20(21)24)16-27-22(25-2)26-15-17-4-7-19(23)8-5-17;/h4-9,14H,3,10-13,15-16H2,1-2H3,(H2,25,26,27);1H. The highest BCUT2D eigenvalue weighted by Gasteiger charge is 2.18. The molecule has 0 radical (unpaired) electrons. The molecule has 1 aliphatic heterocycles. The second kappa shape index (κ2) is 12.0. The number of piperazine rings is 1. The Hall–Kier alpha value is -1.94. The maximum absolute atomic E-state index is 14.7. The van der Waals surface area contributed by atoms with Crippen LogP contribution in [0.5, 0.6) is 0 Å². The van der Waals surface area contributed by atoms with Crippen molar-refractivity contribution in [3.63, 3.8) is 0 Å². The van der Waals surface area contributed by atoms with Gasteiger partial charge < -0.3 is 20.4 Å². The van der Waals surface area contributed by atoms with Crippen molar-refractivity contribution in [3.05, 3.63) is 65.2 Å². The van der Waals surface area contributed by atoms with Crippen molar-refractivity contribution in [2.24, 2.45) is 4.99 Å². The fourth-order valence-electron chi connectivity index (χ4n) is 3.42. The number of guanidine groups is 1. The van der Waals surface area contributed by atoms with Crippen LogP contribution in [0.1, 0.15) is 18.1 Å². The number of rotatable bonds is 6. The minimum absolute atomic E-state index is 0. The lowest BCUT2D eigenvalue weighted by Gasteiger charge is -2.35. The first-order valence-corrected chi connectivity index (χ1v) is 10.0. The maximum atomic E-state index is 14.7. The predicted octanol–water partition coefficient (Wildman–Crippen LogP) is 3.59. The Morgan fingerprint density at radius 1 is 0.933 bits per heavy atom. The van der Waals surface area contributed by atoms with Gasteiger partial charge in [0.25, 0.3) is 0 Å². The number of nitrogens with one attached hydrogen (secondary N) is 2. The Morgan fingerprint density at radius 3 is 2.10 bits per heavy atom. The van der Waals surface area contributed by atoms with Gasteiger partial charge in [0.2, 0.25) is 0 Å². The van der Waals surface area contributed by atoms with Gasteiger partial charge in [-0.05, 0) is 41.9 Å². The summed E-state index contributed by atoms with van der Waals surface area (Å²) in [7, 11) is 1.68. The summed E-state index contributed by atoms with van der Waals surface area (Å²) in [6, 6.07) is 11.7. The summed E-state index contributed by atoms with van der Waals surface area (Å²) < 4.78 is 27.6. The number of halogens is 3. The number of hydrogen-bond acceptors (Lipinski definition) is 3. The number of aliphatic imine (C=N–C) groups is 1. The van der Waals surface area contributed by atoms with Gasteiger partial charge in [-0.1, -0.05) is 25.1 Å². The Bertz CT molecular complexity index is 821. The van der Waals surface area contributed by atoms with Crippen molar-refractivity contribution in [1.82, 2.24) is 15.5 Å². The molecular formula is C22H30F2IN5. The minimum atomic E-state index is -0.256. The van der Waals surface area contributed by atoms with E-state index in [1.54, 1.807) is 25.2 Å². The summed E-state index contributed by atoms with van der Waals surface area (Å²) in [5.41, 5.74) is 2.47. The number of anilines is 1. The lowest BCUT2D eigenvalue weighted by molar-refractivity contribution is 0.270. The van der Waals surface area contributed by atoms with Crippen molar-refractivity contribution in [2.75, 3.05) is 44.7 Å². The SMILES string of the molecule is CCN1CCN(c2ccc(CNC(=NC)NCc3ccc(F)cc3)cc2F)CC1.I. The first kappa shape index (κ1) is 24.3. The molecule has 3 rings (SSSR count). The number of hydrogen-bond donors (Lipinski definition) is 2. The molecule has 8 heteroatoms. The Morgan fingerprint density at radius 2 is 1.53 bits per heavy atom. The molecule has 0 atom stereocenters. The molecule has 1 aliphatic rings. The van der Waals surface area contributed by atoms with Gasteiger partial charge in [0.05, 0.1) is 5.69 Å². The molecule has 0 saturated carbocycles. The first-order valence-electron chi connectivity index (χ1n) is 10.0. The van der Waals surface area contributed by atoms with Gasteiger partial charge >= 0.3 is 0 Å². The van der Waals surface area contributed by atoms with Gasteiger partial charge in [-0.15, -0.1) is 24.0 Å². The summed E-state index contributed by atoms with van der Waals surface area (Å²) in [5.74, 6) is 0.159. The topological polar surface area (TPSA) is 42.9 Å². The van der Waals surface area contributed by atoms with E-state index in [1.165, 1.54) is 12.1 Å². The summed E-state index contributed by atoms with van der Waals surface area (Å²) in [6.07, 6.45) is 0. The Balaban J connectivity index is 0.00000320. The van der Waals surface area contributed by atoms with Gasteiger partial charge in [-0.3, -0.25) is 4.99 Å². The van der Waals surface area contributed by atoms with Crippen molar-refractivity contribution < 1.29 is 8.78 Å². The number of benzene rings is 2. The summed E-state index contributed by atoms with van der Waals surface area (Å²) in [6.45, 7) is 7.81. The molecule has 30 heavy (non-hydrogen) atoms. The summed E-state index contributed by atoms with van der Waals surface area (Å²) in [4.78, 5) is 8.66. The van der Waals surface area contributed by atoms with E-state index in [-0.39, 0.29) is 35.6 Å². The molecule has 1 fully saturated rings. The third-order valence-corrected chi connectivity index (χ3v) is 5.23. The molecule has 2 aromatic carbocycles. The molecule has 0 amide bonds. The van der Waals surface area contributed by atoms with Crippen molar-refractivity contribution in [3.8, 4) is 0 Å². The fourth-order valence-corrected chi connectivity index (χ4v) is 3.42. The van der Waals surface area contributed by atoms with Crippen LogP contribution in [0.3, 0.4) is 0 Å². The highest BCUT2D eigenvalue weighted by Crippen LogP contribution is 2.22. The van der Waals surface area contributed by atoms with Crippen LogP contribution in [-0.4, -0.2) is 50.6 Å². The molecule has 164 valence electrons. The molecule has 2 N–H and O–H groups in total. The molecule has 5 nitrogen and oxygen atoms in total. The number of likely N-dealkylation sites (N-methyl/N-ethyl adjacent to an activating group) is 1. The third-order valence-electron chi connectivity index (χ3n) is 5.23. The second-order valence-corrected chi connectivity index (χ2v) is 7.11. The van der Waals surface area contributed by atoms with E-state index in [0.29, 0.717) is 24.7 Å². The van der Waals surface area contributed by atoms with E-state index in [2.05, 4.69) is 32.3 Å². The van der Waals surface area contributed by atoms with E-state index in [9.17, 15) is 8.78 Å². The van der Waals surface area contributed by atoms with Gasteiger partial charge in [0.1, 0.15) is 11.6 Å². The van der Waals surface area contributed by atoms with Crippen molar-refractivity contribution in [1.29, 1.82) is 0 Å². The molecule has 1 saturated heterocycles. The van der Waals surface area contributed by atoms with Crippen LogP contribution in [0.4, 0.5) is 14.5 Å². The maximum Gasteiger partial charge on any atom is 0.191 e. The predicted molar refractivity (Wildman–Crippen MR) is 130 cm³/mol. The van der Waals surface area contributed by atoms with Gasteiger partial charge in [-0.25, -0.2) is 8.78 Å². The molecule has 2 aromatic rings. The van der Waals surface area contributed by atoms with E-state index in [4.69, 9.17) is 0 Å². The van der Waals surface area contributed by atoms with Gasteiger partial charge in [-0.2, -0.15) is 0 Å². The van der Waals surface area contributed by atoms with E-state index >= 15 is 0 Å². The quantitative estimate of drug-likeness (QED) is 0.341. The molecule has 0 aliphatic carbocycles. The molecule has 0 bridgehead atoms. The summed E-state index contributed by atoms with van der Waals surface area (Å²) in [5, 5.41) is 6.36. The van der Waals surface area contributed by atoms with E-state index in [0.717, 1.165) is 43.9 Å². The molecule has 0 unspecified atom stereocenters. The second-order valence-electron chi connectivity index (χ2n) is 7.11. The normalized spacial score (nSPS) is 14.9. The lowest BCUT2D eigenvalue weighted by atomic mass is 10.1. The van der Waals surface area contributed by atoms with Crippen LogP contribution in [0.25, 0.3) is 0 Å². The molecule has 0 aromatic heterocycles. The largest absolute Gasteiger partial charge is 0.367 e. The first-order chi connectivity index (χ1) is 14.1. The third kappa shape index (κ3) is 6.80. The summed E-state index contributed by atoms with van der Waals surface area (Å²) >= 11 is 0. The van der Waals surface area contributed by atoms with Crippen molar-refractivity contribution >= 4 is 35.6 Å². The monoisotopic (exact) mass is 529 g/mol. The zero-order valence-corrected chi connectivity index (χ0v) is 19.8.